The number of benzene rings is 2. The average molecular weight is 452 g/mol. The van der Waals surface area contributed by atoms with Crippen LogP contribution in [-0.4, -0.2) is 11.2 Å². The Bertz CT molecular complexity index is 963. The van der Waals surface area contributed by atoms with Crippen LogP contribution in [0.4, 0.5) is 18.9 Å². The minimum Gasteiger partial charge on any atom is -0.322 e. The zero-order valence-corrected chi connectivity index (χ0v) is 17.7. The third-order valence-electron chi connectivity index (χ3n) is 6.84. The molecule has 0 aliphatic heterocycles. The van der Waals surface area contributed by atoms with Gasteiger partial charge in [-0.15, -0.1) is 11.8 Å². The molecule has 0 radical (unpaired) electrons. The van der Waals surface area contributed by atoms with Crippen molar-refractivity contribution < 1.29 is 18.0 Å². The van der Waals surface area contributed by atoms with E-state index in [2.05, 4.69) is 5.32 Å². The van der Waals surface area contributed by atoms with Gasteiger partial charge in [0, 0.05) is 33.5 Å². The fourth-order valence-electron chi connectivity index (χ4n) is 5.78. The number of halogens is 4. The van der Waals surface area contributed by atoms with Crippen LogP contribution >= 0.6 is 23.4 Å². The average Bonchev–Trinajstić information content (AvgIpc) is 2.69. The topological polar surface area (TPSA) is 29.1 Å². The molecule has 30 heavy (non-hydrogen) atoms. The van der Waals surface area contributed by atoms with Gasteiger partial charge in [-0.25, -0.2) is 13.2 Å². The number of carbonyl (C=O) groups is 1. The maximum atomic E-state index is 13.4. The fourth-order valence-corrected chi connectivity index (χ4v) is 7.53. The molecule has 4 aliphatic carbocycles. The standard InChI is InChI=1S/C23H21ClF3NOS/c24-17-2-1-13(23(29)28-16-9-18(25)21(27)19(26)10-16)8-20(17)30-22-14-4-11-3-12(6-14)7-15(22)5-11/h1-2,8-12,14-15,22H,3-7H2,(H,28,29)/t11-,12?,14?,15?,22+. The SMILES string of the molecule is O=C(Nc1cc(F)c(F)c(F)c1)c1ccc(Cl)c(S[C@H]2C3CC4CC2C[C@H](C4)C3)c1. The lowest BCUT2D eigenvalue weighted by Crippen LogP contribution is -2.46. The van der Waals surface area contributed by atoms with Crippen molar-refractivity contribution >= 4 is 35.0 Å². The Labute approximate surface area is 182 Å². The Morgan fingerprint density at radius 1 is 0.933 bits per heavy atom. The Kier molecular flexibility index (Phi) is 5.26. The molecule has 4 aliphatic rings. The number of rotatable bonds is 4. The van der Waals surface area contributed by atoms with E-state index in [0.717, 1.165) is 28.9 Å². The van der Waals surface area contributed by atoms with Gasteiger partial charge in [0.2, 0.25) is 0 Å². The number of amides is 1. The van der Waals surface area contributed by atoms with E-state index in [1.165, 1.54) is 32.1 Å². The minimum atomic E-state index is -1.56. The summed E-state index contributed by atoms with van der Waals surface area (Å²) in [6.45, 7) is 0. The van der Waals surface area contributed by atoms with E-state index >= 15 is 0 Å². The van der Waals surface area contributed by atoms with Crippen LogP contribution in [-0.2, 0) is 0 Å². The second kappa shape index (κ2) is 7.79. The summed E-state index contributed by atoms with van der Waals surface area (Å²) in [7, 11) is 0. The van der Waals surface area contributed by atoms with Crippen molar-refractivity contribution in [1.29, 1.82) is 0 Å². The number of anilines is 1. The Balaban J connectivity index is 1.34. The Morgan fingerprint density at radius 2 is 1.53 bits per heavy atom. The fraction of sp³-hybridized carbons (Fsp3) is 0.435. The summed E-state index contributed by atoms with van der Waals surface area (Å²) < 4.78 is 40.0. The lowest BCUT2D eigenvalue weighted by Gasteiger charge is -2.54. The van der Waals surface area contributed by atoms with Crippen molar-refractivity contribution in [3.05, 3.63) is 58.4 Å². The first-order valence-corrected chi connectivity index (χ1v) is 11.5. The Hall–Kier alpha value is -1.66. The van der Waals surface area contributed by atoms with Gasteiger partial charge in [-0.2, -0.15) is 0 Å². The summed E-state index contributed by atoms with van der Waals surface area (Å²) in [5, 5.41) is 3.55. The molecule has 1 N–H and O–H groups in total. The molecule has 4 bridgehead atoms. The van der Waals surface area contributed by atoms with Crippen molar-refractivity contribution in [2.75, 3.05) is 5.32 Å². The van der Waals surface area contributed by atoms with E-state index in [1.54, 1.807) is 30.0 Å². The molecule has 0 atom stereocenters. The van der Waals surface area contributed by atoms with Crippen molar-refractivity contribution in [3.63, 3.8) is 0 Å². The van der Waals surface area contributed by atoms with Gasteiger partial charge in [0.25, 0.3) is 5.91 Å². The highest BCUT2D eigenvalue weighted by atomic mass is 35.5. The zero-order valence-electron chi connectivity index (χ0n) is 16.1. The summed E-state index contributed by atoms with van der Waals surface area (Å²) in [6.07, 6.45) is 6.58. The first-order chi connectivity index (χ1) is 14.4. The van der Waals surface area contributed by atoms with E-state index < -0.39 is 23.4 Å². The zero-order chi connectivity index (χ0) is 21.0. The molecule has 7 heteroatoms. The highest BCUT2D eigenvalue weighted by molar-refractivity contribution is 8.00. The van der Waals surface area contributed by atoms with Crippen LogP contribution in [0.2, 0.25) is 5.02 Å². The maximum absolute atomic E-state index is 13.4. The first-order valence-electron chi connectivity index (χ1n) is 10.3. The van der Waals surface area contributed by atoms with Crippen LogP contribution in [0.5, 0.6) is 0 Å². The predicted molar refractivity (Wildman–Crippen MR) is 112 cm³/mol. The second-order valence-corrected chi connectivity index (χ2v) is 10.5. The molecular weight excluding hydrogens is 431 g/mol. The molecule has 6 rings (SSSR count). The van der Waals surface area contributed by atoms with Gasteiger partial charge in [0.1, 0.15) is 0 Å². The molecule has 4 fully saturated rings. The van der Waals surface area contributed by atoms with E-state index in [9.17, 15) is 18.0 Å². The highest BCUT2D eigenvalue weighted by Crippen LogP contribution is 2.58. The summed E-state index contributed by atoms with van der Waals surface area (Å²) >= 11 is 8.21. The summed E-state index contributed by atoms with van der Waals surface area (Å²) in [6, 6.07) is 6.52. The summed E-state index contributed by atoms with van der Waals surface area (Å²) in [4.78, 5) is 13.5. The number of hydrogen-bond donors (Lipinski definition) is 1. The quantitative estimate of drug-likeness (QED) is 0.511. The van der Waals surface area contributed by atoms with Crippen LogP contribution in [0.25, 0.3) is 0 Å². The van der Waals surface area contributed by atoms with E-state index in [-0.39, 0.29) is 5.69 Å². The van der Waals surface area contributed by atoms with Gasteiger partial charge in [-0.3, -0.25) is 4.79 Å². The van der Waals surface area contributed by atoms with E-state index in [1.807, 2.05) is 0 Å². The molecule has 4 saturated carbocycles. The predicted octanol–water partition coefficient (Wildman–Crippen LogP) is 6.93. The lowest BCUT2D eigenvalue weighted by atomic mass is 9.56. The maximum Gasteiger partial charge on any atom is 0.255 e. The molecule has 0 aromatic heterocycles. The van der Waals surface area contributed by atoms with Crippen molar-refractivity contribution in [2.45, 2.75) is 42.2 Å². The molecule has 158 valence electrons. The van der Waals surface area contributed by atoms with Gasteiger partial charge in [-0.1, -0.05) is 11.6 Å². The normalized spacial score (nSPS) is 29.3. The molecule has 2 aromatic carbocycles. The number of thioether (sulfide) groups is 1. The lowest BCUT2D eigenvalue weighted by molar-refractivity contribution is 0.0267. The molecule has 2 aromatic rings. The molecular formula is C23H21ClF3NOS. The van der Waals surface area contributed by atoms with Gasteiger partial charge in [0.05, 0.1) is 5.02 Å². The smallest absolute Gasteiger partial charge is 0.255 e. The molecule has 0 heterocycles. The number of carbonyl (C=O) groups excluding carboxylic acids is 1. The third-order valence-corrected chi connectivity index (χ3v) is 8.91. The van der Waals surface area contributed by atoms with Crippen molar-refractivity contribution in [1.82, 2.24) is 0 Å². The van der Waals surface area contributed by atoms with Gasteiger partial charge >= 0.3 is 0 Å². The van der Waals surface area contributed by atoms with Crippen LogP contribution in [0.1, 0.15) is 42.5 Å². The Morgan fingerprint density at radius 3 is 2.13 bits per heavy atom. The van der Waals surface area contributed by atoms with Crippen LogP contribution < -0.4 is 5.32 Å². The largest absolute Gasteiger partial charge is 0.322 e. The molecule has 2 nitrogen and oxygen atoms in total. The summed E-state index contributed by atoms with van der Waals surface area (Å²) in [5.74, 6) is -1.59. The third kappa shape index (κ3) is 3.73. The first kappa shape index (κ1) is 20.3. The van der Waals surface area contributed by atoms with Gasteiger partial charge in [0.15, 0.2) is 17.5 Å². The number of nitrogens with one attached hydrogen (secondary N) is 1. The minimum absolute atomic E-state index is 0.137. The van der Waals surface area contributed by atoms with Crippen molar-refractivity contribution in [3.8, 4) is 0 Å². The second-order valence-electron chi connectivity index (χ2n) is 8.87. The van der Waals surface area contributed by atoms with Gasteiger partial charge < -0.3 is 5.32 Å². The number of hydrogen-bond acceptors (Lipinski definition) is 2. The van der Waals surface area contributed by atoms with E-state index in [4.69, 9.17) is 11.6 Å². The van der Waals surface area contributed by atoms with Crippen molar-refractivity contribution in [2.24, 2.45) is 23.7 Å². The van der Waals surface area contributed by atoms with Crippen LogP contribution in [0.15, 0.2) is 35.2 Å². The van der Waals surface area contributed by atoms with Crippen LogP contribution in [0.3, 0.4) is 0 Å². The monoisotopic (exact) mass is 451 g/mol. The van der Waals surface area contributed by atoms with Gasteiger partial charge in [-0.05, 0) is 74.0 Å². The molecule has 1 amide bonds. The van der Waals surface area contributed by atoms with E-state index in [0.29, 0.717) is 27.7 Å². The highest BCUT2D eigenvalue weighted by Gasteiger charge is 2.48. The molecule has 0 spiro atoms. The van der Waals surface area contributed by atoms with Crippen LogP contribution in [0, 0.1) is 41.1 Å². The summed E-state index contributed by atoms with van der Waals surface area (Å²) in [5.41, 5.74) is 0.206. The molecule has 0 unspecified atom stereocenters. The molecule has 0 saturated heterocycles.